The number of nitrogens with one attached hydrogen (secondary N) is 1. The Morgan fingerprint density at radius 1 is 0.903 bits per heavy atom. The van der Waals surface area contributed by atoms with Crippen molar-refractivity contribution in [2.24, 2.45) is 5.10 Å². The standard InChI is InChI=1S/C23H19ClN2O5/c24-19-7-1-17(2-8-19)14-30-21-11-5-18(6-12-21)23(29)26-25-13-16-3-9-20(10-4-16)31-15-22(27)28/h1-13H,14-15H2,(H,26,29)(H,27,28)/b25-13-. The number of rotatable bonds is 9. The zero-order valence-electron chi connectivity index (χ0n) is 16.3. The lowest BCUT2D eigenvalue weighted by atomic mass is 10.2. The lowest BCUT2D eigenvalue weighted by Crippen LogP contribution is -2.17. The van der Waals surface area contributed by atoms with E-state index in [0.717, 1.165) is 5.56 Å². The molecule has 0 atom stereocenters. The number of carboxylic acids is 1. The Morgan fingerprint density at radius 2 is 1.52 bits per heavy atom. The third-order valence-electron chi connectivity index (χ3n) is 4.06. The zero-order chi connectivity index (χ0) is 22.1. The highest BCUT2D eigenvalue weighted by Crippen LogP contribution is 2.16. The van der Waals surface area contributed by atoms with E-state index in [2.05, 4.69) is 10.5 Å². The van der Waals surface area contributed by atoms with Crippen LogP contribution in [0.3, 0.4) is 0 Å². The second kappa shape index (κ2) is 10.8. The number of benzene rings is 3. The Hall–Kier alpha value is -3.84. The lowest BCUT2D eigenvalue weighted by molar-refractivity contribution is -0.139. The van der Waals surface area contributed by atoms with Gasteiger partial charge in [0.1, 0.15) is 18.1 Å². The van der Waals surface area contributed by atoms with Crippen molar-refractivity contribution in [2.45, 2.75) is 6.61 Å². The van der Waals surface area contributed by atoms with E-state index in [9.17, 15) is 9.59 Å². The molecule has 2 N–H and O–H groups in total. The van der Waals surface area contributed by atoms with Crippen LogP contribution in [0.15, 0.2) is 77.9 Å². The van der Waals surface area contributed by atoms with Crippen molar-refractivity contribution in [3.8, 4) is 11.5 Å². The van der Waals surface area contributed by atoms with E-state index in [0.29, 0.717) is 34.3 Å². The van der Waals surface area contributed by atoms with Gasteiger partial charge >= 0.3 is 5.97 Å². The number of hydrogen-bond acceptors (Lipinski definition) is 5. The Labute approximate surface area is 183 Å². The van der Waals surface area contributed by atoms with E-state index in [-0.39, 0.29) is 5.91 Å². The summed E-state index contributed by atoms with van der Waals surface area (Å²) in [6, 6.07) is 20.7. The quantitative estimate of drug-likeness (QED) is 0.386. The van der Waals surface area contributed by atoms with Crippen LogP contribution < -0.4 is 14.9 Å². The summed E-state index contributed by atoms with van der Waals surface area (Å²) in [5.74, 6) is -0.335. The fourth-order valence-electron chi connectivity index (χ4n) is 2.48. The average molecular weight is 439 g/mol. The minimum atomic E-state index is -1.05. The highest BCUT2D eigenvalue weighted by molar-refractivity contribution is 6.30. The molecular weight excluding hydrogens is 420 g/mol. The Bertz CT molecular complexity index is 1050. The second-order valence-electron chi connectivity index (χ2n) is 6.39. The molecule has 0 heterocycles. The number of carbonyl (C=O) groups excluding carboxylic acids is 1. The molecule has 3 aromatic carbocycles. The molecule has 0 spiro atoms. The molecule has 158 valence electrons. The maximum atomic E-state index is 12.2. The van der Waals surface area contributed by atoms with Crippen LogP contribution in [0, 0.1) is 0 Å². The molecular formula is C23H19ClN2O5. The molecule has 3 rings (SSSR count). The van der Waals surface area contributed by atoms with Crippen molar-refractivity contribution in [3.05, 3.63) is 94.5 Å². The number of hydrazone groups is 1. The van der Waals surface area contributed by atoms with Gasteiger partial charge in [0.25, 0.3) is 5.91 Å². The zero-order valence-corrected chi connectivity index (χ0v) is 17.1. The van der Waals surface area contributed by atoms with Gasteiger partial charge in [0, 0.05) is 10.6 Å². The Balaban J connectivity index is 1.47. The van der Waals surface area contributed by atoms with Crippen LogP contribution >= 0.6 is 11.6 Å². The third kappa shape index (κ3) is 7.17. The van der Waals surface area contributed by atoms with Crippen LogP contribution in [0.25, 0.3) is 0 Å². The molecule has 0 aliphatic heterocycles. The van der Waals surface area contributed by atoms with E-state index in [1.165, 1.54) is 6.21 Å². The van der Waals surface area contributed by atoms with Crippen LogP contribution in [0.1, 0.15) is 21.5 Å². The maximum absolute atomic E-state index is 12.2. The number of aliphatic carboxylic acids is 1. The van der Waals surface area contributed by atoms with Gasteiger partial charge in [-0.2, -0.15) is 5.10 Å². The van der Waals surface area contributed by atoms with Gasteiger partial charge in [-0.1, -0.05) is 23.7 Å². The molecule has 0 unspecified atom stereocenters. The van der Waals surface area contributed by atoms with Crippen molar-refractivity contribution in [3.63, 3.8) is 0 Å². The Kier molecular flexibility index (Phi) is 7.61. The molecule has 7 nitrogen and oxygen atoms in total. The monoisotopic (exact) mass is 438 g/mol. The number of carbonyl (C=O) groups is 2. The van der Waals surface area contributed by atoms with E-state index in [1.807, 2.05) is 12.1 Å². The topological polar surface area (TPSA) is 97.2 Å². The summed E-state index contributed by atoms with van der Waals surface area (Å²) in [5.41, 5.74) is 4.60. The van der Waals surface area contributed by atoms with Gasteiger partial charge < -0.3 is 14.6 Å². The fourth-order valence-corrected chi connectivity index (χ4v) is 2.60. The van der Waals surface area contributed by atoms with Crippen molar-refractivity contribution in [1.82, 2.24) is 5.43 Å². The molecule has 8 heteroatoms. The van der Waals surface area contributed by atoms with Crippen molar-refractivity contribution < 1.29 is 24.2 Å². The van der Waals surface area contributed by atoms with Gasteiger partial charge in [-0.15, -0.1) is 0 Å². The molecule has 31 heavy (non-hydrogen) atoms. The van der Waals surface area contributed by atoms with Gasteiger partial charge in [0.05, 0.1) is 6.21 Å². The minimum Gasteiger partial charge on any atom is -0.489 e. The van der Waals surface area contributed by atoms with Crippen LogP contribution in [0.4, 0.5) is 0 Å². The molecule has 0 saturated heterocycles. The number of ether oxygens (including phenoxy) is 2. The number of carboxylic acid groups (broad SMARTS) is 1. The fraction of sp³-hybridized carbons (Fsp3) is 0.0870. The van der Waals surface area contributed by atoms with Crippen molar-refractivity contribution >= 4 is 29.7 Å². The van der Waals surface area contributed by atoms with Gasteiger partial charge in [0.2, 0.25) is 0 Å². The van der Waals surface area contributed by atoms with Crippen LogP contribution in [0.5, 0.6) is 11.5 Å². The van der Waals surface area contributed by atoms with Crippen LogP contribution in [-0.2, 0) is 11.4 Å². The second-order valence-corrected chi connectivity index (χ2v) is 6.83. The average Bonchev–Trinajstić information content (AvgIpc) is 2.78. The molecule has 0 aliphatic carbocycles. The molecule has 1 amide bonds. The SMILES string of the molecule is O=C(O)COc1ccc(/C=N\NC(=O)c2ccc(OCc3ccc(Cl)cc3)cc2)cc1. The number of amides is 1. The van der Waals surface area contributed by atoms with E-state index >= 15 is 0 Å². The maximum Gasteiger partial charge on any atom is 0.341 e. The molecule has 0 bridgehead atoms. The predicted molar refractivity (Wildman–Crippen MR) is 117 cm³/mol. The van der Waals surface area contributed by atoms with Gasteiger partial charge in [-0.3, -0.25) is 4.79 Å². The summed E-state index contributed by atoms with van der Waals surface area (Å²) < 4.78 is 10.7. The van der Waals surface area contributed by atoms with E-state index < -0.39 is 12.6 Å². The summed E-state index contributed by atoms with van der Waals surface area (Å²) in [5, 5.41) is 13.2. The molecule has 0 fully saturated rings. The molecule has 0 saturated carbocycles. The number of hydrogen-bond donors (Lipinski definition) is 2. The first-order valence-corrected chi connectivity index (χ1v) is 9.63. The summed E-state index contributed by atoms with van der Waals surface area (Å²) >= 11 is 5.86. The van der Waals surface area contributed by atoms with Crippen molar-refractivity contribution in [2.75, 3.05) is 6.61 Å². The normalized spacial score (nSPS) is 10.6. The summed E-state index contributed by atoms with van der Waals surface area (Å²) in [6.45, 7) is -0.0123. The Morgan fingerprint density at radius 3 is 2.16 bits per heavy atom. The molecule has 0 aromatic heterocycles. The lowest BCUT2D eigenvalue weighted by Gasteiger charge is -2.07. The first kappa shape index (κ1) is 21.9. The number of nitrogens with zero attached hydrogens (tertiary/aromatic N) is 1. The minimum absolute atomic E-state index is 0.359. The largest absolute Gasteiger partial charge is 0.489 e. The first-order chi connectivity index (χ1) is 15.0. The summed E-state index contributed by atoms with van der Waals surface area (Å²) in [6.07, 6.45) is 1.47. The smallest absolute Gasteiger partial charge is 0.341 e. The van der Waals surface area contributed by atoms with Gasteiger partial charge in [0.15, 0.2) is 6.61 Å². The molecule has 0 radical (unpaired) electrons. The molecule has 0 aliphatic rings. The van der Waals surface area contributed by atoms with Gasteiger partial charge in [-0.25, -0.2) is 10.2 Å². The van der Waals surface area contributed by atoms with E-state index in [1.54, 1.807) is 60.7 Å². The van der Waals surface area contributed by atoms with Gasteiger partial charge in [-0.05, 0) is 71.8 Å². The predicted octanol–water partition coefficient (Wildman–Crippen LogP) is 4.15. The highest BCUT2D eigenvalue weighted by Gasteiger charge is 2.05. The van der Waals surface area contributed by atoms with Crippen LogP contribution in [-0.4, -0.2) is 29.8 Å². The summed E-state index contributed by atoms with van der Waals surface area (Å²) in [4.78, 5) is 22.7. The highest BCUT2D eigenvalue weighted by atomic mass is 35.5. The van der Waals surface area contributed by atoms with Crippen molar-refractivity contribution in [1.29, 1.82) is 0 Å². The first-order valence-electron chi connectivity index (χ1n) is 9.25. The van der Waals surface area contributed by atoms with Crippen LogP contribution in [0.2, 0.25) is 5.02 Å². The van der Waals surface area contributed by atoms with E-state index in [4.69, 9.17) is 26.2 Å². The summed E-state index contributed by atoms with van der Waals surface area (Å²) in [7, 11) is 0. The number of halogens is 1. The molecule has 3 aromatic rings. The third-order valence-corrected chi connectivity index (χ3v) is 4.31.